The minimum Gasteiger partial charge on any atom is -0.342 e. The average molecular weight is 325 g/mol. The molecule has 0 radical (unpaired) electrons. The van der Waals surface area contributed by atoms with Crippen LogP contribution in [0.4, 0.5) is 0 Å². The molecule has 19 heavy (non-hydrogen) atoms. The van der Waals surface area contributed by atoms with E-state index in [0.29, 0.717) is 6.42 Å². The van der Waals surface area contributed by atoms with Gasteiger partial charge < -0.3 is 10.6 Å². The third-order valence-electron chi connectivity index (χ3n) is 3.96. The first-order valence-corrected chi connectivity index (χ1v) is 7.46. The molecule has 1 fully saturated rings. The van der Waals surface area contributed by atoms with Gasteiger partial charge in [-0.2, -0.15) is 0 Å². The highest BCUT2D eigenvalue weighted by atomic mass is 79.9. The van der Waals surface area contributed by atoms with Crippen molar-refractivity contribution in [3.63, 3.8) is 0 Å². The van der Waals surface area contributed by atoms with Gasteiger partial charge in [0.2, 0.25) is 5.91 Å². The Morgan fingerprint density at radius 3 is 2.79 bits per heavy atom. The van der Waals surface area contributed by atoms with Crippen LogP contribution in [0.1, 0.15) is 25.8 Å². The Labute approximate surface area is 123 Å². The Kier molecular flexibility index (Phi) is 4.31. The summed E-state index contributed by atoms with van der Waals surface area (Å²) >= 11 is 3.49. The molecule has 0 aromatic heterocycles. The molecule has 1 unspecified atom stereocenters. The van der Waals surface area contributed by atoms with Crippen molar-refractivity contribution in [2.75, 3.05) is 13.1 Å². The summed E-state index contributed by atoms with van der Waals surface area (Å²) in [6.07, 6.45) is 1.33. The number of halogens is 1. The van der Waals surface area contributed by atoms with Crippen LogP contribution in [0, 0.1) is 5.41 Å². The molecule has 1 aliphatic rings. The highest BCUT2D eigenvalue weighted by molar-refractivity contribution is 9.10. The van der Waals surface area contributed by atoms with Gasteiger partial charge in [-0.05, 0) is 23.5 Å². The summed E-state index contributed by atoms with van der Waals surface area (Å²) in [5, 5.41) is 0. The number of nitrogens with two attached hydrogens (primary N) is 1. The van der Waals surface area contributed by atoms with Crippen LogP contribution in [0.5, 0.6) is 0 Å². The maximum atomic E-state index is 12.4. The van der Waals surface area contributed by atoms with Crippen LogP contribution >= 0.6 is 15.9 Å². The van der Waals surface area contributed by atoms with E-state index in [2.05, 4.69) is 29.8 Å². The Morgan fingerprint density at radius 1 is 1.47 bits per heavy atom. The molecule has 1 heterocycles. The standard InChI is InChI=1S/C15H21BrN2O/c1-15(2)10-18(8-7-13(15)17)14(19)9-11-5-3-4-6-12(11)16/h3-6,13H,7-10,17H2,1-2H3. The number of likely N-dealkylation sites (tertiary alicyclic amines) is 1. The second-order valence-corrected chi connectivity index (χ2v) is 6.82. The molecule has 1 amide bonds. The van der Waals surface area contributed by atoms with E-state index in [9.17, 15) is 4.79 Å². The van der Waals surface area contributed by atoms with Gasteiger partial charge in [0.25, 0.3) is 0 Å². The topological polar surface area (TPSA) is 46.3 Å². The molecule has 2 N–H and O–H groups in total. The Hall–Kier alpha value is -0.870. The van der Waals surface area contributed by atoms with Gasteiger partial charge in [0.05, 0.1) is 6.42 Å². The third-order valence-corrected chi connectivity index (χ3v) is 4.74. The maximum absolute atomic E-state index is 12.4. The Morgan fingerprint density at radius 2 is 2.16 bits per heavy atom. The number of carbonyl (C=O) groups excluding carboxylic acids is 1. The van der Waals surface area contributed by atoms with Crippen LogP contribution in [0.3, 0.4) is 0 Å². The van der Waals surface area contributed by atoms with E-state index in [1.165, 1.54) is 0 Å². The Balaban J connectivity index is 2.03. The van der Waals surface area contributed by atoms with Gasteiger partial charge in [0.1, 0.15) is 0 Å². The monoisotopic (exact) mass is 324 g/mol. The van der Waals surface area contributed by atoms with Crippen LogP contribution in [0.25, 0.3) is 0 Å². The van der Waals surface area contributed by atoms with Crippen molar-refractivity contribution < 1.29 is 4.79 Å². The van der Waals surface area contributed by atoms with Crippen molar-refractivity contribution in [3.8, 4) is 0 Å². The number of piperidine rings is 1. The van der Waals surface area contributed by atoms with E-state index < -0.39 is 0 Å². The molecular weight excluding hydrogens is 304 g/mol. The van der Waals surface area contributed by atoms with Gasteiger partial charge in [-0.1, -0.05) is 48.0 Å². The van der Waals surface area contributed by atoms with E-state index in [1.807, 2.05) is 29.2 Å². The molecule has 1 aromatic rings. The molecular formula is C15H21BrN2O. The molecule has 3 nitrogen and oxygen atoms in total. The van der Waals surface area contributed by atoms with Gasteiger partial charge >= 0.3 is 0 Å². The fourth-order valence-corrected chi connectivity index (χ4v) is 2.93. The van der Waals surface area contributed by atoms with Crippen LogP contribution in [0.15, 0.2) is 28.7 Å². The van der Waals surface area contributed by atoms with Crippen LogP contribution in [-0.2, 0) is 11.2 Å². The van der Waals surface area contributed by atoms with Crippen LogP contribution in [0.2, 0.25) is 0 Å². The molecule has 1 atom stereocenters. The number of nitrogens with zero attached hydrogens (tertiary/aromatic N) is 1. The van der Waals surface area contributed by atoms with Crippen LogP contribution < -0.4 is 5.73 Å². The number of hydrogen-bond donors (Lipinski definition) is 1. The van der Waals surface area contributed by atoms with Crippen molar-refractivity contribution in [1.82, 2.24) is 4.90 Å². The summed E-state index contributed by atoms with van der Waals surface area (Å²) < 4.78 is 0.997. The van der Waals surface area contributed by atoms with E-state index in [4.69, 9.17) is 5.73 Å². The minimum absolute atomic E-state index is 0.00182. The van der Waals surface area contributed by atoms with Crippen molar-refractivity contribution >= 4 is 21.8 Å². The number of hydrogen-bond acceptors (Lipinski definition) is 2. The van der Waals surface area contributed by atoms with Crippen molar-refractivity contribution in [2.24, 2.45) is 11.1 Å². The Bertz CT molecular complexity index is 473. The zero-order chi connectivity index (χ0) is 14.0. The second-order valence-electron chi connectivity index (χ2n) is 5.97. The summed E-state index contributed by atoms with van der Waals surface area (Å²) in [7, 11) is 0. The van der Waals surface area contributed by atoms with Gasteiger partial charge in [-0.3, -0.25) is 4.79 Å². The predicted octanol–water partition coefficient (Wildman–Crippen LogP) is 2.58. The number of rotatable bonds is 2. The first-order chi connectivity index (χ1) is 8.90. The zero-order valence-electron chi connectivity index (χ0n) is 11.5. The lowest BCUT2D eigenvalue weighted by molar-refractivity contribution is -0.133. The molecule has 1 aliphatic heterocycles. The quantitative estimate of drug-likeness (QED) is 0.908. The summed E-state index contributed by atoms with van der Waals surface area (Å²) in [5.74, 6) is 0.187. The smallest absolute Gasteiger partial charge is 0.227 e. The fraction of sp³-hybridized carbons (Fsp3) is 0.533. The lowest BCUT2D eigenvalue weighted by Gasteiger charge is -2.42. The van der Waals surface area contributed by atoms with Gasteiger partial charge in [0, 0.05) is 23.6 Å². The molecule has 1 aromatic carbocycles. The molecule has 4 heteroatoms. The first-order valence-electron chi connectivity index (χ1n) is 6.67. The van der Waals surface area contributed by atoms with Gasteiger partial charge in [-0.25, -0.2) is 0 Å². The van der Waals surface area contributed by atoms with Gasteiger partial charge in [-0.15, -0.1) is 0 Å². The van der Waals surface area contributed by atoms with E-state index >= 15 is 0 Å². The third kappa shape index (κ3) is 3.37. The summed E-state index contributed by atoms with van der Waals surface area (Å²) in [5.41, 5.74) is 7.15. The number of benzene rings is 1. The molecule has 1 saturated heterocycles. The molecule has 0 bridgehead atoms. The van der Waals surface area contributed by atoms with Gasteiger partial charge in [0.15, 0.2) is 0 Å². The molecule has 0 aliphatic carbocycles. The minimum atomic E-state index is 0.00182. The lowest BCUT2D eigenvalue weighted by atomic mass is 9.79. The fourth-order valence-electron chi connectivity index (χ4n) is 2.50. The second kappa shape index (κ2) is 5.63. The normalized spacial score (nSPS) is 22.3. The van der Waals surface area contributed by atoms with Crippen molar-refractivity contribution in [1.29, 1.82) is 0 Å². The van der Waals surface area contributed by atoms with E-state index in [1.54, 1.807) is 0 Å². The van der Waals surface area contributed by atoms with Crippen LogP contribution in [-0.4, -0.2) is 29.9 Å². The largest absolute Gasteiger partial charge is 0.342 e. The zero-order valence-corrected chi connectivity index (χ0v) is 13.1. The van der Waals surface area contributed by atoms with E-state index in [-0.39, 0.29) is 17.4 Å². The number of amides is 1. The SMILES string of the molecule is CC1(C)CN(C(=O)Cc2ccccc2Br)CCC1N. The maximum Gasteiger partial charge on any atom is 0.227 e. The summed E-state index contributed by atoms with van der Waals surface area (Å²) in [6.45, 7) is 5.79. The van der Waals surface area contributed by atoms with E-state index in [0.717, 1.165) is 29.5 Å². The molecule has 2 rings (SSSR count). The number of carbonyl (C=O) groups is 1. The summed E-state index contributed by atoms with van der Waals surface area (Å²) in [6, 6.07) is 8.06. The molecule has 0 spiro atoms. The summed E-state index contributed by atoms with van der Waals surface area (Å²) in [4.78, 5) is 14.3. The highest BCUT2D eigenvalue weighted by Gasteiger charge is 2.35. The lowest BCUT2D eigenvalue weighted by Crippen LogP contribution is -2.54. The first kappa shape index (κ1) is 14.5. The average Bonchev–Trinajstić information content (AvgIpc) is 2.35. The van der Waals surface area contributed by atoms with Crippen molar-refractivity contribution in [3.05, 3.63) is 34.3 Å². The highest BCUT2D eigenvalue weighted by Crippen LogP contribution is 2.28. The molecule has 104 valence electrons. The predicted molar refractivity (Wildman–Crippen MR) is 80.8 cm³/mol. The molecule has 0 saturated carbocycles. The van der Waals surface area contributed by atoms with Crippen molar-refractivity contribution in [2.45, 2.75) is 32.7 Å².